The first-order chi connectivity index (χ1) is 14.1. The first-order valence-electron chi connectivity index (χ1n) is 10.1. The fourth-order valence-electron chi connectivity index (χ4n) is 2.87. The molecule has 0 amide bonds. The Morgan fingerprint density at radius 2 is 1.83 bits per heavy atom. The van der Waals surface area contributed by atoms with Crippen LogP contribution in [-0.4, -0.2) is 51.8 Å². The Kier molecular flexibility index (Phi) is 10.0. The van der Waals surface area contributed by atoms with Crippen molar-refractivity contribution in [1.29, 1.82) is 0 Å². The van der Waals surface area contributed by atoms with Crippen LogP contribution in [0.15, 0.2) is 53.5 Å². The lowest BCUT2D eigenvalue weighted by atomic mass is 10.1. The summed E-state index contributed by atoms with van der Waals surface area (Å²) in [6.07, 6.45) is 0.866. The summed E-state index contributed by atoms with van der Waals surface area (Å²) in [6.45, 7) is 5.70. The molecule has 0 radical (unpaired) electrons. The van der Waals surface area contributed by atoms with Crippen LogP contribution >= 0.6 is 0 Å². The third kappa shape index (κ3) is 8.54. The average Bonchev–Trinajstić information content (AvgIpc) is 2.70. The van der Waals surface area contributed by atoms with E-state index in [0.717, 1.165) is 36.9 Å². The van der Waals surface area contributed by atoms with Crippen LogP contribution in [0.25, 0.3) is 0 Å². The van der Waals surface area contributed by atoms with Crippen LogP contribution in [0.5, 0.6) is 5.75 Å². The van der Waals surface area contributed by atoms with E-state index in [0.29, 0.717) is 19.8 Å². The summed E-state index contributed by atoms with van der Waals surface area (Å²) in [5.74, 6) is 1.59. The maximum Gasteiger partial charge on any atom is 0.196 e. The van der Waals surface area contributed by atoms with Crippen molar-refractivity contribution in [2.45, 2.75) is 26.4 Å². The van der Waals surface area contributed by atoms with E-state index in [1.165, 1.54) is 11.1 Å². The van der Waals surface area contributed by atoms with Gasteiger partial charge in [0.2, 0.25) is 0 Å². The lowest BCUT2D eigenvalue weighted by molar-refractivity contribution is 0.172. The molecule has 0 aliphatic rings. The lowest BCUT2D eigenvalue weighted by Crippen LogP contribution is -2.30. The van der Waals surface area contributed by atoms with Gasteiger partial charge in [0.1, 0.15) is 5.75 Å². The summed E-state index contributed by atoms with van der Waals surface area (Å²) in [4.78, 5) is 6.95. The number of hydrogen-bond acceptors (Lipinski definition) is 4. The van der Waals surface area contributed by atoms with Gasteiger partial charge in [0, 0.05) is 45.0 Å². The van der Waals surface area contributed by atoms with Gasteiger partial charge in [-0.2, -0.15) is 0 Å². The molecule has 0 bridgehead atoms. The van der Waals surface area contributed by atoms with Crippen molar-refractivity contribution in [3.05, 3.63) is 59.7 Å². The fourth-order valence-corrected chi connectivity index (χ4v) is 2.87. The molecule has 6 nitrogen and oxygen atoms in total. The van der Waals surface area contributed by atoms with Crippen LogP contribution < -0.4 is 15.4 Å². The van der Waals surface area contributed by atoms with Gasteiger partial charge in [0.15, 0.2) is 5.96 Å². The van der Waals surface area contributed by atoms with E-state index in [1.54, 1.807) is 7.11 Å². The zero-order valence-electron chi connectivity index (χ0n) is 18.1. The van der Waals surface area contributed by atoms with E-state index in [4.69, 9.17) is 14.5 Å². The maximum absolute atomic E-state index is 5.79. The molecular formula is C23H34N4O2. The molecule has 0 aliphatic heterocycles. The Hall–Kier alpha value is -2.57. The third-order valence-electron chi connectivity index (χ3n) is 4.21. The molecule has 29 heavy (non-hydrogen) atoms. The molecule has 0 saturated carbocycles. The van der Waals surface area contributed by atoms with Crippen molar-refractivity contribution >= 4 is 11.6 Å². The molecular weight excluding hydrogens is 364 g/mol. The van der Waals surface area contributed by atoms with Gasteiger partial charge >= 0.3 is 0 Å². The van der Waals surface area contributed by atoms with Gasteiger partial charge in [0.05, 0.1) is 13.2 Å². The minimum Gasteiger partial charge on any atom is -0.493 e. The minimum absolute atomic E-state index is 0.618. The predicted octanol–water partition coefficient (Wildman–Crippen LogP) is 3.74. The molecule has 2 rings (SSSR count). The normalized spacial score (nSPS) is 11.6. The highest BCUT2D eigenvalue weighted by Crippen LogP contribution is 2.18. The zero-order chi connectivity index (χ0) is 20.9. The van der Waals surface area contributed by atoms with Crippen LogP contribution in [0.2, 0.25) is 0 Å². The number of guanidine groups is 1. The lowest BCUT2D eigenvalue weighted by Gasteiger charge is -2.15. The first kappa shape index (κ1) is 22.7. The van der Waals surface area contributed by atoms with Gasteiger partial charge < -0.3 is 25.0 Å². The molecule has 0 atom stereocenters. The zero-order valence-corrected chi connectivity index (χ0v) is 18.1. The van der Waals surface area contributed by atoms with Gasteiger partial charge in [-0.05, 0) is 44.3 Å². The van der Waals surface area contributed by atoms with Gasteiger partial charge in [-0.3, -0.25) is 0 Å². The van der Waals surface area contributed by atoms with Crippen molar-refractivity contribution < 1.29 is 9.47 Å². The van der Waals surface area contributed by atoms with Crippen LogP contribution in [0, 0.1) is 0 Å². The van der Waals surface area contributed by atoms with Crippen LogP contribution in [0.1, 0.15) is 24.5 Å². The Labute approximate surface area is 174 Å². The number of rotatable bonds is 11. The van der Waals surface area contributed by atoms with Crippen molar-refractivity contribution in [3.63, 3.8) is 0 Å². The van der Waals surface area contributed by atoms with Crippen LogP contribution in [0.3, 0.4) is 0 Å². The standard InChI is InChI=1S/C23H34N4O2/c1-5-24-23(25-17-19-10-6-7-11-20(19)18-27(2)3)26-21-12-8-13-22(16-21)29-15-9-14-28-4/h6-8,10-13,16H,5,9,14-15,17-18H2,1-4H3,(H2,24,25,26). The Bertz CT molecular complexity index is 762. The van der Waals surface area contributed by atoms with Crippen molar-refractivity contribution in [2.24, 2.45) is 4.99 Å². The molecule has 6 heteroatoms. The molecule has 0 spiro atoms. The SMILES string of the molecule is CCNC(=NCc1ccccc1CN(C)C)Nc1cccc(OCCCOC)c1. The van der Waals surface area contributed by atoms with E-state index >= 15 is 0 Å². The van der Waals surface area contributed by atoms with Crippen LogP contribution in [0.4, 0.5) is 5.69 Å². The highest BCUT2D eigenvalue weighted by atomic mass is 16.5. The number of hydrogen-bond donors (Lipinski definition) is 2. The van der Waals surface area contributed by atoms with Crippen molar-refractivity contribution in [1.82, 2.24) is 10.2 Å². The Morgan fingerprint density at radius 1 is 1.03 bits per heavy atom. The number of nitrogens with zero attached hydrogens (tertiary/aromatic N) is 2. The topological polar surface area (TPSA) is 58.1 Å². The minimum atomic E-state index is 0.618. The fraction of sp³-hybridized carbons (Fsp3) is 0.435. The molecule has 0 aromatic heterocycles. The summed E-state index contributed by atoms with van der Waals surface area (Å²) in [5, 5.41) is 6.69. The quantitative estimate of drug-likeness (QED) is 0.343. The monoisotopic (exact) mass is 398 g/mol. The highest BCUT2D eigenvalue weighted by Gasteiger charge is 2.05. The van der Waals surface area contributed by atoms with E-state index in [9.17, 15) is 0 Å². The van der Waals surface area contributed by atoms with Gasteiger partial charge in [-0.15, -0.1) is 0 Å². The van der Waals surface area contributed by atoms with E-state index in [1.807, 2.05) is 24.3 Å². The van der Waals surface area contributed by atoms with Crippen LogP contribution in [-0.2, 0) is 17.8 Å². The third-order valence-corrected chi connectivity index (χ3v) is 4.21. The number of ether oxygens (including phenoxy) is 2. The Balaban J connectivity index is 2.04. The summed E-state index contributed by atoms with van der Waals surface area (Å²) in [5.41, 5.74) is 3.47. The second-order valence-corrected chi connectivity index (χ2v) is 7.05. The van der Waals surface area contributed by atoms with Gasteiger partial charge in [-0.1, -0.05) is 30.3 Å². The Morgan fingerprint density at radius 3 is 2.55 bits per heavy atom. The van der Waals surface area contributed by atoms with Crippen molar-refractivity contribution in [3.8, 4) is 5.75 Å². The molecule has 0 fully saturated rings. The summed E-state index contributed by atoms with van der Waals surface area (Å²) < 4.78 is 10.8. The summed E-state index contributed by atoms with van der Waals surface area (Å²) in [7, 11) is 5.86. The second-order valence-electron chi connectivity index (χ2n) is 7.05. The van der Waals surface area contributed by atoms with Gasteiger partial charge in [-0.25, -0.2) is 4.99 Å². The molecule has 0 aliphatic carbocycles. The summed E-state index contributed by atoms with van der Waals surface area (Å²) in [6, 6.07) is 16.4. The number of anilines is 1. The molecule has 0 saturated heterocycles. The largest absolute Gasteiger partial charge is 0.493 e. The summed E-state index contributed by atoms with van der Waals surface area (Å²) >= 11 is 0. The molecule has 2 aromatic rings. The second kappa shape index (κ2) is 12.8. The average molecular weight is 399 g/mol. The number of benzene rings is 2. The molecule has 2 N–H and O–H groups in total. The molecule has 0 unspecified atom stereocenters. The number of methoxy groups -OCH3 is 1. The molecule has 2 aromatic carbocycles. The van der Waals surface area contributed by atoms with Crippen molar-refractivity contribution in [2.75, 3.05) is 46.3 Å². The smallest absolute Gasteiger partial charge is 0.196 e. The van der Waals surface area contributed by atoms with E-state index < -0.39 is 0 Å². The molecule has 158 valence electrons. The van der Waals surface area contributed by atoms with E-state index in [2.05, 4.69) is 60.8 Å². The number of nitrogens with one attached hydrogen (secondary N) is 2. The first-order valence-corrected chi connectivity index (χ1v) is 10.1. The van der Waals surface area contributed by atoms with Gasteiger partial charge in [0.25, 0.3) is 0 Å². The predicted molar refractivity (Wildman–Crippen MR) is 121 cm³/mol. The number of aliphatic imine (C=N–C) groups is 1. The van der Waals surface area contributed by atoms with E-state index in [-0.39, 0.29) is 0 Å². The highest BCUT2D eigenvalue weighted by molar-refractivity contribution is 5.93. The maximum atomic E-state index is 5.79. The molecule has 0 heterocycles.